The highest BCUT2D eigenvalue weighted by Crippen LogP contribution is 2.19. The zero-order chi connectivity index (χ0) is 13.7. The van der Waals surface area contributed by atoms with E-state index >= 15 is 0 Å². The molecule has 4 nitrogen and oxygen atoms in total. The van der Waals surface area contributed by atoms with Crippen LogP contribution in [0.3, 0.4) is 0 Å². The first-order valence-electron chi connectivity index (χ1n) is 5.99. The van der Waals surface area contributed by atoms with Gasteiger partial charge in [0, 0.05) is 31.6 Å². The Hall–Kier alpha value is -1.88. The van der Waals surface area contributed by atoms with Gasteiger partial charge in [0.05, 0.1) is 17.7 Å². The summed E-state index contributed by atoms with van der Waals surface area (Å²) in [5.74, 6) is 0.572. The highest BCUT2D eigenvalue weighted by Gasteiger charge is 2.15. The van der Waals surface area contributed by atoms with Gasteiger partial charge < -0.3 is 9.64 Å². The van der Waals surface area contributed by atoms with Crippen LogP contribution in [-0.4, -0.2) is 36.5 Å². The first kappa shape index (κ1) is 13.5. The van der Waals surface area contributed by atoms with Crippen molar-refractivity contribution in [2.24, 2.45) is 0 Å². The molecule has 0 saturated carbocycles. The number of ether oxygens (including phenoxy) is 1. The Morgan fingerprint density at radius 2 is 2.21 bits per heavy atom. The number of carbonyl (C=O) groups excluding carboxylic acids is 1. The van der Waals surface area contributed by atoms with Gasteiger partial charge in [-0.1, -0.05) is 12.1 Å². The predicted molar refractivity (Wildman–Crippen MR) is 75.8 cm³/mol. The molecule has 0 atom stereocenters. The topological polar surface area (TPSA) is 42.4 Å². The highest BCUT2D eigenvalue weighted by atomic mass is 32.1. The monoisotopic (exact) mass is 276 g/mol. The molecule has 1 aromatic heterocycles. The van der Waals surface area contributed by atoms with Gasteiger partial charge in [0.1, 0.15) is 5.75 Å². The molecule has 1 heterocycles. The van der Waals surface area contributed by atoms with Crippen LogP contribution < -0.4 is 4.74 Å². The maximum Gasteiger partial charge on any atom is 0.257 e. The lowest BCUT2D eigenvalue weighted by atomic mass is 10.1. The number of methoxy groups -OCH3 is 1. The highest BCUT2D eigenvalue weighted by molar-refractivity contribution is 7.09. The molecule has 0 fully saturated rings. The number of para-hydroxylation sites is 1. The summed E-state index contributed by atoms with van der Waals surface area (Å²) < 4.78 is 5.21. The molecule has 0 spiro atoms. The maximum absolute atomic E-state index is 12.3. The Kier molecular flexibility index (Phi) is 4.52. The second-order valence-corrected chi connectivity index (χ2v) is 5.08. The van der Waals surface area contributed by atoms with E-state index in [2.05, 4.69) is 4.98 Å². The molecule has 0 radical (unpaired) electrons. The van der Waals surface area contributed by atoms with E-state index in [1.807, 2.05) is 17.5 Å². The number of benzene rings is 1. The summed E-state index contributed by atoms with van der Waals surface area (Å²) in [6.07, 6.45) is 2.55. The summed E-state index contributed by atoms with van der Waals surface area (Å²) in [5.41, 5.74) is 0.589. The van der Waals surface area contributed by atoms with Crippen molar-refractivity contribution in [2.45, 2.75) is 6.42 Å². The molecule has 19 heavy (non-hydrogen) atoms. The standard InChI is InChI=1S/C14H16N2O2S/c1-16(9-7-13-15-8-10-19-13)14(17)11-5-3-4-6-12(11)18-2/h3-6,8,10H,7,9H2,1-2H3. The van der Waals surface area contributed by atoms with Gasteiger partial charge in [-0.25, -0.2) is 4.98 Å². The molecule has 1 amide bonds. The summed E-state index contributed by atoms with van der Waals surface area (Å²) in [6, 6.07) is 7.26. The lowest BCUT2D eigenvalue weighted by Gasteiger charge is -2.18. The Balaban J connectivity index is 2.02. The van der Waals surface area contributed by atoms with Crippen LogP contribution in [0, 0.1) is 0 Å². The average molecular weight is 276 g/mol. The molecule has 0 saturated heterocycles. The molecular formula is C14H16N2O2S. The molecule has 0 aliphatic rings. The minimum absolute atomic E-state index is 0.0333. The van der Waals surface area contributed by atoms with E-state index in [4.69, 9.17) is 4.74 Å². The van der Waals surface area contributed by atoms with Crippen molar-refractivity contribution in [1.29, 1.82) is 0 Å². The number of likely N-dealkylation sites (N-methyl/N-ethyl adjacent to an activating group) is 1. The SMILES string of the molecule is COc1ccccc1C(=O)N(C)CCc1nccs1. The number of hydrogen-bond acceptors (Lipinski definition) is 4. The number of carbonyl (C=O) groups is 1. The Labute approximate surface area is 116 Å². The molecule has 0 N–H and O–H groups in total. The fourth-order valence-corrected chi connectivity index (χ4v) is 2.38. The molecule has 1 aromatic carbocycles. The molecule has 0 aliphatic heterocycles. The summed E-state index contributed by atoms with van der Waals surface area (Å²) in [7, 11) is 3.37. The van der Waals surface area contributed by atoms with Crippen LogP contribution in [0.15, 0.2) is 35.8 Å². The second-order valence-electron chi connectivity index (χ2n) is 4.10. The van der Waals surface area contributed by atoms with Crippen molar-refractivity contribution in [3.63, 3.8) is 0 Å². The fraction of sp³-hybridized carbons (Fsp3) is 0.286. The fourth-order valence-electron chi connectivity index (χ4n) is 1.77. The largest absolute Gasteiger partial charge is 0.496 e. The third-order valence-electron chi connectivity index (χ3n) is 2.83. The molecule has 2 aromatic rings. The van der Waals surface area contributed by atoms with Crippen LogP contribution >= 0.6 is 11.3 Å². The zero-order valence-corrected chi connectivity index (χ0v) is 11.8. The van der Waals surface area contributed by atoms with Gasteiger partial charge in [0.2, 0.25) is 0 Å². The third-order valence-corrected chi connectivity index (χ3v) is 3.67. The van der Waals surface area contributed by atoms with Crippen molar-refractivity contribution in [2.75, 3.05) is 20.7 Å². The van der Waals surface area contributed by atoms with Gasteiger partial charge in [-0.2, -0.15) is 0 Å². The van der Waals surface area contributed by atoms with E-state index in [9.17, 15) is 4.79 Å². The van der Waals surface area contributed by atoms with E-state index in [0.717, 1.165) is 11.4 Å². The van der Waals surface area contributed by atoms with Crippen LogP contribution in [0.4, 0.5) is 0 Å². The van der Waals surface area contributed by atoms with E-state index in [0.29, 0.717) is 17.9 Å². The van der Waals surface area contributed by atoms with E-state index < -0.39 is 0 Å². The number of nitrogens with zero attached hydrogens (tertiary/aromatic N) is 2. The normalized spacial score (nSPS) is 10.2. The number of rotatable bonds is 5. The Morgan fingerprint density at radius 3 is 2.89 bits per heavy atom. The van der Waals surface area contributed by atoms with Crippen molar-refractivity contribution in [3.8, 4) is 5.75 Å². The molecule has 0 aliphatic carbocycles. The first-order valence-corrected chi connectivity index (χ1v) is 6.87. The minimum atomic E-state index is -0.0333. The van der Waals surface area contributed by atoms with Gasteiger partial charge in [-0.15, -0.1) is 11.3 Å². The van der Waals surface area contributed by atoms with E-state index in [1.165, 1.54) is 0 Å². The molecule has 0 bridgehead atoms. The van der Waals surface area contributed by atoms with Crippen molar-refractivity contribution >= 4 is 17.2 Å². The predicted octanol–water partition coefficient (Wildman–Crippen LogP) is 2.47. The lowest BCUT2D eigenvalue weighted by molar-refractivity contribution is 0.0793. The van der Waals surface area contributed by atoms with Gasteiger partial charge in [0.25, 0.3) is 5.91 Å². The maximum atomic E-state index is 12.3. The van der Waals surface area contributed by atoms with Crippen molar-refractivity contribution < 1.29 is 9.53 Å². The Bertz CT molecular complexity index is 540. The molecule has 0 unspecified atom stereocenters. The van der Waals surface area contributed by atoms with E-state index in [-0.39, 0.29) is 5.91 Å². The lowest BCUT2D eigenvalue weighted by Crippen LogP contribution is -2.29. The smallest absolute Gasteiger partial charge is 0.257 e. The third kappa shape index (κ3) is 3.32. The van der Waals surface area contributed by atoms with Gasteiger partial charge >= 0.3 is 0 Å². The molecular weight excluding hydrogens is 260 g/mol. The number of hydrogen-bond donors (Lipinski definition) is 0. The van der Waals surface area contributed by atoms with Crippen LogP contribution in [-0.2, 0) is 6.42 Å². The quantitative estimate of drug-likeness (QED) is 0.842. The van der Waals surface area contributed by atoms with Gasteiger partial charge in [0.15, 0.2) is 0 Å². The van der Waals surface area contributed by atoms with Crippen molar-refractivity contribution in [3.05, 3.63) is 46.4 Å². The van der Waals surface area contributed by atoms with Crippen LogP contribution in [0.1, 0.15) is 15.4 Å². The number of aromatic nitrogens is 1. The van der Waals surface area contributed by atoms with Crippen LogP contribution in [0.25, 0.3) is 0 Å². The number of amides is 1. The van der Waals surface area contributed by atoms with Crippen LogP contribution in [0.5, 0.6) is 5.75 Å². The minimum Gasteiger partial charge on any atom is -0.496 e. The van der Waals surface area contributed by atoms with E-state index in [1.54, 1.807) is 48.7 Å². The molecule has 2 rings (SSSR count). The summed E-state index contributed by atoms with van der Waals surface area (Å²) in [5, 5.41) is 2.98. The van der Waals surface area contributed by atoms with Gasteiger partial charge in [-0.3, -0.25) is 4.79 Å². The second kappa shape index (κ2) is 6.33. The zero-order valence-electron chi connectivity index (χ0n) is 11.0. The number of thiazole rings is 1. The van der Waals surface area contributed by atoms with Crippen LogP contribution in [0.2, 0.25) is 0 Å². The summed E-state index contributed by atoms with van der Waals surface area (Å²) in [4.78, 5) is 18.2. The first-order chi connectivity index (χ1) is 9.22. The van der Waals surface area contributed by atoms with Crippen molar-refractivity contribution in [1.82, 2.24) is 9.88 Å². The van der Waals surface area contributed by atoms with Gasteiger partial charge in [-0.05, 0) is 12.1 Å². The Morgan fingerprint density at radius 1 is 1.42 bits per heavy atom. The molecule has 5 heteroatoms. The summed E-state index contributed by atoms with van der Waals surface area (Å²) in [6.45, 7) is 0.643. The summed E-state index contributed by atoms with van der Waals surface area (Å²) >= 11 is 1.61. The molecule has 100 valence electrons. The average Bonchev–Trinajstić information content (AvgIpc) is 2.97.